The number of carbonyl (C=O) groups excluding carboxylic acids is 1. The lowest BCUT2D eigenvalue weighted by Crippen LogP contribution is -2.20. The molecule has 1 aromatic heterocycles. The molecule has 2 aromatic carbocycles. The Bertz CT molecular complexity index is 985. The minimum Gasteiger partial charge on any atom is -0.302 e. The van der Waals surface area contributed by atoms with E-state index in [1.54, 1.807) is 18.3 Å². The van der Waals surface area contributed by atoms with E-state index in [1.807, 2.05) is 54.8 Å². The first-order chi connectivity index (χ1) is 13.6. The summed E-state index contributed by atoms with van der Waals surface area (Å²) >= 11 is 7.25. The number of thioether (sulfide) groups is 1. The predicted molar refractivity (Wildman–Crippen MR) is 114 cm³/mol. The van der Waals surface area contributed by atoms with Gasteiger partial charge in [-0.3, -0.25) is 4.79 Å². The van der Waals surface area contributed by atoms with Crippen molar-refractivity contribution in [1.82, 2.24) is 20.2 Å². The molecule has 0 unspecified atom stereocenters. The number of benzene rings is 2. The number of nitrogens with one attached hydrogen (secondary N) is 1. The van der Waals surface area contributed by atoms with Crippen molar-refractivity contribution in [2.75, 3.05) is 5.75 Å². The van der Waals surface area contributed by atoms with E-state index in [0.717, 1.165) is 17.0 Å². The van der Waals surface area contributed by atoms with E-state index in [1.165, 1.54) is 17.3 Å². The second-order valence-corrected chi connectivity index (χ2v) is 7.43. The highest BCUT2D eigenvalue weighted by molar-refractivity contribution is 7.99. The van der Waals surface area contributed by atoms with Gasteiger partial charge in [0, 0.05) is 17.1 Å². The van der Waals surface area contributed by atoms with Crippen molar-refractivity contribution in [3.8, 4) is 11.4 Å². The van der Waals surface area contributed by atoms with Crippen LogP contribution in [0.1, 0.15) is 18.1 Å². The molecule has 0 fully saturated rings. The van der Waals surface area contributed by atoms with Crippen molar-refractivity contribution in [3.05, 3.63) is 64.7 Å². The summed E-state index contributed by atoms with van der Waals surface area (Å²) in [6.45, 7) is 4.79. The van der Waals surface area contributed by atoms with Crippen LogP contribution in [0.15, 0.2) is 58.8 Å². The van der Waals surface area contributed by atoms with Gasteiger partial charge in [-0.05, 0) is 31.5 Å². The summed E-state index contributed by atoms with van der Waals surface area (Å²) in [6.07, 6.45) is 1.55. The van der Waals surface area contributed by atoms with Gasteiger partial charge in [-0.2, -0.15) is 5.10 Å². The third-order valence-electron chi connectivity index (χ3n) is 3.93. The highest BCUT2D eigenvalue weighted by Gasteiger charge is 2.14. The molecule has 1 heterocycles. The summed E-state index contributed by atoms with van der Waals surface area (Å²) in [6, 6.07) is 15.4. The maximum Gasteiger partial charge on any atom is 0.250 e. The van der Waals surface area contributed by atoms with Crippen molar-refractivity contribution >= 4 is 35.5 Å². The minimum atomic E-state index is -0.217. The molecule has 0 saturated carbocycles. The Hall–Kier alpha value is -2.64. The number of halogens is 1. The van der Waals surface area contributed by atoms with Crippen LogP contribution in [0.25, 0.3) is 11.4 Å². The lowest BCUT2D eigenvalue weighted by Gasteiger charge is -2.07. The molecule has 0 bridgehead atoms. The van der Waals surface area contributed by atoms with Crippen molar-refractivity contribution in [3.63, 3.8) is 0 Å². The number of hydrogen-bond donors (Lipinski definition) is 1. The van der Waals surface area contributed by atoms with E-state index in [4.69, 9.17) is 11.6 Å². The van der Waals surface area contributed by atoms with Crippen LogP contribution in [-0.2, 0) is 11.3 Å². The molecular formula is C20H20ClN5OS. The fourth-order valence-corrected chi connectivity index (χ4v) is 3.52. The Labute approximate surface area is 173 Å². The van der Waals surface area contributed by atoms with Crippen LogP contribution in [0.4, 0.5) is 0 Å². The quantitative estimate of drug-likeness (QED) is 0.358. The number of hydrogen-bond acceptors (Lipinski definition) is 5. The van der Waals surface area contributed by atoms with Gasteiger partial charge in [0.1, 0.15) is 0 Å². The number of aromatic nitrogens is 3. The van der Waals surface area contributed by atoms with Crippen LogP contribution in [0.2, 0.25) is 5.02 Å². The van der Waals surface area contributed by atoms with Gasteiger partial charge in [-0.15, -0.1) is 10.2 Å². The highest BCUT2D eigenvalue weighted by Crippen LogP contribution is 2.24. The second-order valence-electron chi connectivity index (χ2n) is 6.05. The van der Waals surface area contributed by atoms with Crippen LogP contribution in [-0.4, -0.2) is 32.6 Å². The smallest absolute Gasteiger partial charge is 0.250 e. The van der Waals surface area contributed by atoms with E-state index in [9.17, 15) is 4.79 Å². The summed E-state index contributed by atoms with van der Waals surface area (Å²) in [5.41, 5.74) is 5.52. The lowest BCUT2D eigenvalue weighted by atomic mass is 10.1. The molecule has 6 nitrogen and oxygen atoms in total. The van der Waals surface area contributed by atoms with Crippen LogP contribution < -0.4 is 5.43 Å². The summed E-state index contributed by atoms with van der Waals surface area (Å²) in [5.74, 6) is 0.772. The Morgan fingerprint density at radius 2 is 2.04 bits per heavy atom. The van der Waals surface area contributed by atoms with Gasteiger partial charge in [-0.1, -0.05) is 65.3 Å². The topological polar surface area (TPSA) is 72.2 Å². The maximum absolute atomic E-state index is 12.1. The number of rotatable bonds is 7. The minimum absolute atomic E-state index is 0.193. The molecule has 144 valence electrons. The van der Waals surface area contributed by atoms with Crippen LogP contribution >= 0.6 is 23.4 Å². The zero-order chi connectivity index (χ0) is 19.9. The molecule has 0 radical (unpaired) electrons. The van der Waals surface area contributed by atoms with E-state index < -0.39 is 0 Å². The number of amides is 1. The molecule has 0 atom stereocenters. The van der Waals surface area contributed by atoms with Gasteiger partial charge in [0.15, 0.2) is 11.0 Å². The first-order valence-corrected chi connectivity index (χ1v) is 10.1. The Morgan fingerprint density at radius 3 is 2.75 bits per heavy atom. The molecule has 28 heavy (non-hydrogen) atoms. The zero-order valence-electron chi connectivity index (χ0n) is 15.6. The third kappa shape index (κ3) is 5.21. The fourth-order valence-electron chi connectivity index (χ4n) is 2.52. The standard InChI is InChI=1S/C20H20ClN5OS/c1-3-26-19(16-9-7-14(2)8-10-16)24-25-20(26)28-13-18(27)23-22-12-15-5-4-6-17(21)11-15/h4-12H,3,13H2,1-2H3,(H,23,27)/b22-12+. The van der Waals surface area contributed by atoms with E-state index in [2.05, 4.69) is 20.7 Å². The number of nitrogens with zero attached hydrogens (tertiary/aromatic N) is 4. The summed E-state index contributed by atoms with van der Waals surface area (Å²) in [7, 11) is 0. The Morgan fingerprint density at radius 1 is 1.25 bits per heavy atom. The van der Waals surface area contributed by atoms with Crippen molar-refractivity contribution in [1.29, 1.82) is 0 Å². The second kappa shape index (κ2) is 9.52. The van der Waals surface area contributed by atoms with E-state index in [-0.39, 0.29) is 11.7 Å². The van der Waals surface area contributed by atoms with Gasteiger partial charge in [-0.25, -0.2) is 5.43 Å². The molecule has 0 saturated heterocycles. The Balaban J connectivity index is 1.59. The van der Waals surface area contributed by atoms with Gasteiger partial charge in [0.05, 0.1) is 12.0 Å². The number of carbonyl (C=O) groups is 1. The number of aryl methyl sites for hydroxylation is 1. The zero-order valence-corrected chi connectivity index (χ0v) is 17.2. The molecule has 3 aromatic rings. The average molecular weight is 414 g/mol. The molecule has 3 rings (SSSR count). The third-order valence-corrected chi connectivity index (χ3v) is 5.13. The molecule has 0 aliphatic rings. The van der Waals surface area contributed by atoms with Crippen molar-refractivity contribution in [2.45, 2.75) is 25.5 Å². The van der Waals surface area contributed by atoms with Crippen molar-refractivity contribution in [2.24, 2.45) is 5.10 Å². The largest absolute Gasteiger partial charge is 0.302 e. The molecule has 1 amide bonds. The normalized spacial score (nSPS) is 11.1. The van der Waals surface area contributed by atoms with Gasteiger partial charge in [0.25, 0.3) is 5.91 Å². The SMILES string of the molecule is CCn1c(SCC(=O)N/N=C/c2cccc(Cl)c2)nnc1-c1ccc(C)cc1. The summed E-state index contributed by atoms with van der Waals surface area (Å²) in [5, 5.41) is 13.8. The first-order valence-electron chi connectivity index (χ1n) is 8.77. The molecule has 0 aliphatic heterocycles. The summed E-state index contributed by atoms with van der Waals surface area (Å²) < 4.78 is 2.00. The first kappa shape index (κ1) is 20.1. The van der Waals surface area contributed by atoms with Crippen LogP contribution in [0, 0.1) is 6.92 Å². The Kier molecular flexibility index (Phi) is 6.84. The number of hydrazone groups is 1. The van der Waals surface area contributed by atoms with Crippen LogP contribution in [0.5, 0.6) is 0 Å². The van der Waals surface area contributed by atoms with Gasteiger partial charge in [0.2, 0.25) is 0 Å². The fraction of sp³-hybridized carbons (Fsp3) is 0.200. The molecule has 8 heteroatoms. The maximum atomic E-state index is 12.1. The van der Waals surface area contributed by atoms with E-state index in [0.29, 0.717) is 16.7 Å². The average Bonchev–Trinajstić information content (AvgIpc) is 3.10. The molecular weight excluding hydrogens is 394 g/mol. The van der Waals surface area contributed by atoms with Crippen molar-refractivity contribution < 1.29 is 4.79 Å². The predicted octanol–water partition coefficient (Wildman–Crippen LogP) is 4.17. The van der Waals surface area contributed by atoms with Gasteiger partial charge < -0.3 is 4.57 Å². The monoisotopic (exact) mass is 413 g/mol. The molecule has 0 aliphatic carbocycles. The molecule has 1 N–H and O–H groups in total. The lowest BCUT2D eigenvalue weighted by molar-refractivity contribution is -0.118. The highest BCUT2D eigenvalue weighted by atomic mass is 35.5. The molecule has 0 spiro atoms. The summed E-state index contributed by atoms with van der Waals surface area (Å²) in [4.78, 5) is 12.1. The van der Waals surface area contributed by atoms with Crippen LogP contribution in [0.3, 0.4) is 0 Å². The van der Waals surface area contributed by atoms with Gasteiger partial charge >= 0.3 is 0 Å². The van der Waals surface area contributed by atoms with E-state index >= 15 is 0 Å².